The highest BCUT2D eigenvalue weighted by Gasteiger charge is 2.32. The monoisotopic (exact) mass is 577 g/mol. The summed E-state index contributed by atoms with van der Waals surface area (Å²) in [4.78, 5) is 6.35. The molecule has 2 aromatic heterocycles. The second kappa shape index (κ2) is 11.6. The van der Waals surface area contributed by atoms with Crippen LogP contribution in [0, 0.1) is 23.2 Å². The highest BCUT2D eigenvalue weighted by atomic mass is 32.1. The molecular formula is C27H28F4N5OPS. The van der Waals surface area contributed by atoms with Crippen molar-refractivity contribution in [1.82, 2.24) is 9.88 Å². The molecule has 0 saturated carbocycles. The molecule has 1 fully saturated rings. The second-order valence-corrected chi connectivity index (χ2v) is 14.1. The number of piperidine rings is 1. The molecule has 1 saturated heterocycles. The van der Waals surface area contributed by atoms with Crippen LogP contribution in [0.25, 0.3) is 10.1 Å². The summed E-state index contributed by atoms with van der Waals surface area (Å²) in [5.74, 6) is 5.71. The summed E-state index contributed by atoms with van der Waals surface area (Å²) in [5, 5.41) is 16.1. The van der Waals surface area contributed by atoms with Gasteiger partial charge in [0.25, 0.3) is 0 Å². The van der Waals surface area contributed by atoms with Crippen molar-refractivity contribution in [3.63, 3.8) is 0 Å². The van der Waals surface area contributed by atoms with E-state index in [9.17, 15) is 27.4 Å². The molecule has 1 aliphatic rings. The number of hydrogen-bond donors (Lipinski definition) is 2. The minimum absolute atomic E-state index is 0.0511. The van der Waals surface area contributed by atoms with E-state index in [0.717, 1.165) is 17.9 Å². The molecule has 0 radical (unpaired) electrons. The first-order chi connectivity index (χ1) is 18.4. The van der Waals surface area contributed by atoms with Gasteiger partial charge in [-0.1, -0.05) is 24.0 Å². The number of alkyl halides is 4. The SMILES string of the molecule is CN1CC[C@@H](Nc2cccc3c(CC(F)(F)F)c(C#CCNc4ccc(P(C)(C)=O)nc4C#N)sc23)[C@@H](F)C1. The summed E-state index contributed by atoms with van der Waals surface area (Å²) in [6.07, 6.45) is -6.08. The lowest BCUT2D eigenvalue weighted by molar-refractivity contribution is -0.126. The lowest BCUT2D eigenvalue weighted by Crippen LogP contribution is -2.46. The normalized spacial score (nSPS) is 18.3. The third-order valence-electron chi connectivity index (χ3n) is 6.39. The van der Waals surface area contributed by atoms with Crippen LogP contribution in [0.5, 0.6) is 0 Å². The Kier molecular flexibility index (Phi) is 8.56. The number of thiophene rings is 1. The van der Waals surface area contributed by atoms with Gasteiger partial charge in [-0.25, -0.2) is 9.37 Å². The van der Waals surface area contributed by atoms with E-state index < -0.39 is 32.0 Å². The van der Waals surface area contributed by atoms with Gasteiger partial charge in [-0.05, 0) is 55.9 Å². The van der Waals surface area contributed by atoms with Crippen LogP contribution in [0.2, 0.25) is 0 Å². The fourth-order valence-electron chi connectivity index (χ4n) is 4.42. The van der Waals surface area contributed by atoms with Crippen molar-refractivity contribution in [2.45, 2.75) is 31.2 Å². The lowest BCUT2D eigenvalue weighted by Gasteiger charge is -2.33. The van der Waals surface area contributed by atoms with Gasteiger partial charge in [-0.15, -0.1) is 11.3 Å². The number of hydrogen-bond acceptors (Lipinski definition) is 7. The molecule has 0 amide bonds. The lowest BCUT2D eigenvalue weighted by atomic mass is 10.0. The quantitative estimate of drug-likeness (QED) is 0.231. The van der Waals surface area contributed by atoms with Gasteiger partial charge >= 0.3 is 6.18 Å². The maximum atomic E-state index is 14.7. The van der Waals surface area contributed by atoms with E-state index in [-0.39, 0.29) is 22.7 Å². The molecule has 6 nitrogen and oxygen atoms in total. The molecule has 0 aliphatic carbocycles. The van der Waals surface area contributed by atoms with E-state index >= 15 is 0 Å². The van der Waals surface area contributed by atoms with Crippen molar-refractivity contribution >= 4 is 45.4 Å². The number of pyridine rings is 1. The van der Waals surface area contributed by atoms with E-state index in [4.69, 9.17) is 0 Å². The summed E-state index contributed by atoms with van der Waals surface area (Å²) in [6.45, 7) is 4.19. The van der Waals surface area contributed by atoms with E-state index in [2.05, 4.69) is 27.5 Å². The Morgan fingerprint density at radius 3 is 2.67 bits per heavy atom. The Morgan fingerprint density at radius 1 is 1.23 bits per heavy atom. The van der Waals surface area contributed by atoms with Gasteiger partial charge in [0.1, 0.15) is 24.8 Å². The first-order valence-corrected chi connectivity index (χ1v) is 15.7. The Labute approximate surface area is 228 Å². The van der Waals surface area contributed by atoms with Crippen LogP contribution in [0.4, 0.5) is 28.9 Å². The van der Waals surface area contributed by atoms with Crippen molar-refractivity contribution in [2.24, 2.45) is 0 Å². The molecule has 1 aromatic carbocycles. The Balaban J connectivity index is 1.61. The summed E-state index contributed by atoms with van der Waals surface area (Å²) in [5.41, 5.74) is 1.47. The third kappa shape index (κ3) is 7.10. The second-order valence-electron chi connectivity index (χ2n) is 9.89. The largest absolute Gasteiger partial charge is 0.393 e. The first-order valence-electron chi connectivity index (χ1n) is 12.3. The highest BCUT2D eigenvalue weighted by molar-refractivity contribution is 7.69. The fraction of sp³-hybridized carbons (Fsp3) is 0.407. The van der Waals surface area contributed by atoms with E-state index in [0.29, 0.717) is 39.9 Å². The zero-order valence-corrected chi connectivity index (χ0v) is 23.4. The van der Waals surface area contributed by atoms with Crippen LogP contribution in [0.15, 0.2) is 30.3 Å². The number of fused-ring (bicyclic) bond motifs is 1. The van der Waals surface area contributed by atoms with Gasteiger partial charge in [-0.2, -0.15) is 18.4 Å². The van der Waals surface area contributed by atoms with Crippen LogP contribution < -0.4 is 16.1 Å². The molecule has 0 spiro atoms. The minimum Gasteiger partial charge on any atom is -0.378 e. The van der Waals surface area contributed by atoms with Gasteiger partial charge in [-0.3, -0.25) is 0 Å². The van der Waals surface area contributed by atoms with Crippen LogP contribution in [0.1, 0.15) is 22.6 Å². The van der Waals surface area contributed by atoms with Crippen molar-refractivity contribution in [1.29, 1.82) is 5.26 Å². The van der Waals surface area contributed by atoms with E-state index in [1.807, 2.05) is 18.0 Å². The number of nitrogens with zero attached hydrogens (tertiary/aromatic N) is 3. The average molecular weight is 578 g/mol. The molecule has 0 bridgehead atoms. The molecule has 0 unspecified atom stereocenters. The molecule has 2 atom stereocenters. The van der Waals surface area contributed by atoms with Gasteiger partial charge in [0.2, 0.25) is 0 Å². The Morgan fingerprint density at radius 2 is 2.00 bits per heavy atom. The first kappa shape index (κ1) is 28.9. The summed E-state index contributed by atoms with van der Waals surface area (Å²) in [6, 6.07) is 9.76. The zero-order valence-electron chi connectivity index (χ0n) is 21.7. The van der Waals surface area contributed by atoms with Crippen molar-refractivity contribution in [3.8, 4) is 17.9 Å². The number of nitrogens with one attached hydrogen (secondary N) is 2. The average Bonchev–Trinajstić information content (AvgIpc) is 3.19. The fourth-order valence-corrected chi connectivity index (χ4v) is 6.37. The third-order valence-corrected chi connectivity index (χ3v) is 8.94. The smallest absolute Gasteiger partial charge is 0.378 e. The van der Waals surface area contributed by atoms with E-state index in [1.165, 1.54) is 0 Å². The molecule has 1 aliphatic heterocycles. The van der Waals surface area contributed by atoms with Gasteiger partial charge in [0.15, 0.2) is 5.69 Å². The topological polar surface area (TPSA) is 81.0 Å². The minimum atomic E-state index is -4.43. The van der Waals surface area contributed by atoms with Crippen LogP contribution >= 0.6 is 18.5 Å². The molecular weight excluding hydrogens is 549 g/mol. The maximum Gasteiger partial charge on any atom is 0.393 e. The zero-order chi connectivity index (χ0) is 28.4. The molecule has 39 heavy (non-hydrogen) atoms. The summed E-state index contributed by atoms with van der Waals surface area (Å²) < 4.78 is 68.1. The van der Waals surface area contributed by atoms with E-state index in [1.54, 1.807) is 43.7 Å². The highest BCUT2D eigenvalue weighted by Crippen LogP contribution is 2.39. The van der Waals surface area contributed by atoms with Gasteiger partial charge < -0.3 is 20.1 Å². The summed E-state index contributed by atoms with van der Waals surface area (Å²) in [7, 11) is -0.792. The van der Waals surface area contributed by atoms with Crippen LogP contribution in [-0.4, -0.2) is 68.3 Å². The Bertz CT molecular complexity index is 1510. The number of nitriles is 1. The van der Waals surface area contributed by atoms with Gasteiger partial charge in [0, 0.05) is 13.1 Å². The van der Waals surface area contributed by atoms with Crippen LogP contribution in [-0.2, 0) is 11.0 Å². The standard InChI is InChI=1S/C27H28F4N5OPS/c1-36-13-11-20(19(28)16-36)34-22-7-4-6-17-18(14-27(29,30)31)24(39-26(17)22)8-5-12-33-21-9-10-25(38(2,3)37)35-23(21)15-32/h4,6-7,9-10,19-20,33-34H,11-14,16H2,1-3H3/t19-,20+/m0/s1. The van der Waals surface area contributed by atoms with Crippen molar-refractivity contribution < 1.29 is 22.1 Å². The molecule has 12 heteroatoms. The molecule has 3 aromatic rings. The number of anilines is 2. The summed E-state index contributed by atoms with van der Waals surface area (Å²) >= 11 is 1.15. The Hall–Kier alpha value is -3.11. The van der Waals surface area contributed by atoms with Gasteiger partial charge in [0.05, 0.1) is 40.0 Å². The predicted molar refractivity (Wildman–Crippen MR) is 149 cm³/mol. The number of halogens is 4. The van der Waals surface area contributed by atoms with Crippen molar-refractivity contribution in [2.75, 3.05) is 50.6 Å². The predicted octanol–water partition coefficient (Wildman–Crippen LogP) is 5.44. The number of rotatable bonds is 6. The van der Waals surface area contributed by atoms with Crippen LogP contribution in [0.3, 0.4) is 0 Å². The number of benzene rings is 1. The van der Waals surface area contributed by atoms with Crippen molar-refractivity contribution in [3.05, 3.63) is 46.5 Å². The molecule has 2 N–H and O–H groups in total. The molecule has 3 heterocycles. The number of aromatic nitrogens is 1. The molecule has 206 valence electrons. The number of likely N-dealkylation sites (tertiary alicyclic amines) is 1. The maximum absolute atomic E-state index is 14.7. The molecule has 4 rings (SSSR count).